The van der Waals surface area contributed by atoms with Crippen LogP contribution in [0, 0.1) is 25.5 Å². The number of carbonyl (C=O) groups is 1. The second-order valence-corrected chi connectivity index (χ2v) is 10.6. The van der Waals surface area contributed by atoms with Crippen molar-refractivity contribution in [2.75, 3.05) is 11.9 Å². The Morgan fingerprint density at radius 2 is 1.87 bits per heavy atom. The van der Waals surface area contributed by atoms with Gasteiger partial charge in [0, 0.05) is 36.8 Å². The zero-order valence-corrected chi connectivity index (χ0v) is 21.9. The molecule has 1 amide bonds. The minimum atomic E-state index is -2.45. The Hall–Kier alpha value is -3.59. The molecule has 6 rings (SSSR count). The van der Waals surface area contributed by atoms with Gasteiger partial charge in [0.1, 0.15) is 11.6 Å². The van der Waals surface area contributed by atoms with E-state index in [-0.39, 0.29) is 23.7 Å². The summed E-state index contributed by atoms with van der Waals surface area (Å²) in [5, 5.41) is 4.09. The lowest BCUT2D eigenvalue weighted by Crippen LogP contribution is -2.40. The van der Waals surface area contributed by atoms with E-state index in [2.05, 4.69) is 9.72 Å². The fraction of sp³-hybridized carbons (Fsp3) is 0.433. The lowest BCUT2D eigenvalue weighted by molar-refractivity contribution is -0.120. The summed E-state index contributed by atoms with van der Waals surface area (Å²) in [6.07, 6.45) is 3.62. The molecule has 0 N–H and O–H groups in total. The van der Waals surface area contributed by atoms with Gasteiger partial charge < -0.3 is 18.7 Å². The molecule has 2 aliphatic rings. The standard InChI is InChI=1S/C30H32F2N4O3/c1-17-29(18(2)39-34-17)19-7-14-26-25(15-19)33-30(36(26)20-8-11-22(38-3)12-9-20)27-5-4-6-28(37)35(27)21-10-13-23(31)24(32)16-21/h7,10,13-16,20,22,27H,4-6,8-9,11-12H2,1-3H3/t20?,22?,27-/m0/s1/i3D3. The number of anilines is 1. The van der Waals surface area contributed by atoms with E-state index in [4.69, 9.17) is 18.4 Å². The van der Waals surface area contributed by atoms with E-state index in [1.165, 1.54) is 6.07 Å². The molecule has 0 spiro atoms. The number of halogens is 2. The molecule has 0 radical (unpaired) electrons. The van der Waals surface area contributed by atoms with E-state index in [1.807, 2.05) is 32.0 Å². The number of hydrogen-bond donors (Lipinski definition) is 0. The Labute approximate surface area is 230 Å². The number of rotatable bonds is 5. The van der Waals surface area contributed by atoms with E-state index >= 15 is 0 Å². The molecule has 1 aliphatic carbocycles. The van der Waals surface area contributed by atoms with E-state index in [1.54, 1.807) is 4.90 Å². The topological polar surface area (TPSA) is 73.4 Å². The number of hydrogen-bond acceptors (Lipinski definition) is 5. The smallest absolute Gasteiger partial charge is 0.227 e. The van der Waals surface area contributed by atoms with Crippen LogP contribution in [-0.2, 0) is 9.53 Å². The highest BCUT2D eigenvalue weighted by molar-refractivity contribution is 5.95. The molecule has 4 aromatic rings. The van der Waals surface area contributed by atoms with Crippen LogP contribution >= 0.6 is 0 Å². The summed E-state index contributed by atoms with van der Waals surface area (Å²) in [4.78, 5) is 20.0. The van der Waals surface area contributed by atoms with Gasteiger partial charge in [0.05, 0.1) is 33.0 Å². The molecule has 1 saturated carbocycles. The first-order valence-electron chi connectivity index (χ1n) is 14.9. The maximum atomic E-state index is 14.3. The molecule has 0 bridgehead atoms. The summed E-state index contributed by atoms with van der Waals surface area (Å²) in [5.74, 6) is -0.813. The average molecular weight is 538 g/mol. The highest BCUT2D eigenvalue weighted by Gasteiger charge is 2.36. The number of methoxy groups -OCH3 is 1. The fourth-order valence-electron chi connectivity index (χ4n) is 6.28. The lowest BCUT2D eigenvalue weighted by Gasteiger charge is -2.37. The van der Waals surface area contributed by atoms with Crippen LogP contribution in [0.5, 0.6) is 0 Å². The summed E-state index contributed by atoms with van der Waals surface area (Å²) >= 11 is 0. The van der Waals surface area contributed by atoms with Gasteiger partial charge in [-0.05, 0) is 82.2 Å². The van der Waals surface area contributed by atoms with Crippen molar-refractivity contribution in [3.63, 3.8) is 0 Å². The van der Waals surface area contributed by atoms with E-state index < -0.39 is 24.7 Å². The van der Waals surface area contributed by atoms with Crippen LogP contribution in [-0.4, -0.2) is 33.8 Å². The summed E-state index contributed by atoms with van der Waals surface area (Å²) in [7, 11) is -2.45. The summed E-state index contributed by atoms with van der Waals surface area (Å²) < 4.78 is 63.5. The minimum absolute atomic E-state index is 0.0183. The molecule has 2 aromatic heterocycles. The minimum Gasteiger partial charge on any atom is -0.381 e. The molecule has 9 heteroatoms. The number of imidazole rings is 1. The summed E-state index contributed by atoms with van der Waals surface area (Å²) in [6.45, 7) is 3.74. The number of nitrogens with zero attached hydrogens (tertiary/aromatic N) is 4. The molecule has 39 heavy (non-hydrogen) atoms. The van der Waals surface area contributed by atoms with Crippen LogP contribution in [0.1, 0.15) is 78.4 Å². The third kappa shape index (κ3) is 4.52. The van der Waals surface area contributed by atoms with Crippen molar-refractivity contribution in [1.82, 2.24) is 14.7 Å². The Morgan fingerprint density at radius 1 is 1.05 bits per heavy atom. The first-order chi connectivity index (χ1) is 20.0. The lowest BCUT2D eigenvalue weighted by atomic mass is 9.91. The monoisotopic (exact) mass is 537 g/mol. The van der Waals surface area contributed by atoms with Crippen molar-refractivity contribution in [2.24, 2.45) is 0 Å². The molecule has 3 heterocycles. The van der Waals surface area contributed by atoms with Gasteiger partial charge in [-0.1, -0.05) is 11.2 Å². The molecule has 7 nitrogen and oxygen atoms in total. The number of piperidine rings is 1. The van der Waals surface area contributed by atoms with E-state index in [0.29, 0.717) is 56.5 Å². The van der Waals surface area contributed by atoms with Gasteiger partial charge in [-0.3, -0.25) is 4.79 Å². The number of amides is 1. The van der Waals surface area contributed by atoms with Crippen molar-refractivity contribution >= 4 is 22.6 Å². The predicted octanol–water partition coefficient (Wildman–Crippen LogP) is 6.97. The van der Waals surface area contributed by atoms with Crippen LogP contribution in [0.25, 0.3) is 22.2 Å². The highest BCUT2D eigenvalue weighted by Crippen LogP contribution is 2.42. The van der Waals surface area contributed by atoms with Crippen LogP contribution < -0.4 is 4.90 Å². The second kappa shape index (κ2) is 10.2. The van der Waals surface area contributed by atoms with E-state index in [0.717, 1.165) is 40.0 Å². The van der Waals surface area contributed by atoms with Gasteiger partial charge in [0.2, 0.25) is 5.91 Å². The molecule has 204 valence electrons. The second-order valence-electron chi connectivity index (χ2n) is 10.6. The normalized spacial score (nSPS) is 23.6. The van der Waals surface area contributed by atoms with Crippen LogP contribution in [0.4, 0.5) is 14.5 Å². The Balaban J connectivity index is 1.46. The molecular formula is C30H32F2N4O3. The fourth-order valence-corrected chi connectivity index (χ4v) is 6.28. The number of benzene rings is 2. The molecule has 1 saturated heterocycles. The molecule has 2 aromatic carbocycles. The number of carbonyl (C=O) groups excluding carboxylic acids is 1. The molecule has 1 atom stereocenters. The third-order valence-electron chi connectivity index (χ3n) is 8.14. The SMILES string of the molecule is [2H]C([2H])([2H])OC1CCC(n2c([C@@H]3CCCC(=O)N3c3ccc(F)c(F)c3)nc3cc(-c4c(C)noc4C)ccc32)CC1. The van der Waals surface area contributed by atoms with Gasteiger partial charge >= 0.3 is 0 Å². The van der Waals surface area contributed by atoms with Gasteiger partial charge in [0.15, 0.2) is 11.6 Å². The quantitative estimate of drug-likeness (QED) is 0.275. The van der Waals surface area contributed by atoms with Gasteiger partial charge in [0.25, 0.3) is 0 Å². The van der Waals surface area contributed by atoms with Gasteiger partial charge in [-0.15, -0.1) is 0 Å². The first-order valence-corrected chi connectivity index (χ1v) is 13.4. The van der Waals surface area contributed by atoms with E-state index in [9.17, 15) is 13.6 Å². The molecule has 1 aliphatic heterocycles. The first kappa shape index (κ1) is 22.2. The number of fused-ring (bicyclic) bond motifs is 1. The van der Waals surface area contributed by atoms with Crippen molar-refractivity contribution in [1.29, 1.82) is 0 Å². The largest absolute Gasteiger partial charge is 0.381 e. The maximum absolute atomic E-state index is 14.3. The number of ether oxygens (including phenoxy) is 1. The van der Waals surface area contributed by atoms with Gasteiger partial charge in [-0.2, -0.15) is 0 Å². The van der Waals surface area contributed by atoms with Crippen molar-refractivity contribution in [3.8, 4) is 11.1 Å². The van der Waals surface area contributed by atoms with Gasteiger partial charge in [-0.25, -0.2) is 13.8 Å². The average Bonchev–Trinajstić information content (AvgIpc) is 3.48. The third-order valence-corrected chi connectivity index (χ3v) is 8.14. The summed E-state index contributed by atoms with van der Waals surface area (Å²) in [6, 6.07) is 8.99. The van der Waals surface area contributed by atoms with Crippen molar-refractivity contribution in [2.45, 2.75) is 77.0 Å². The molecule has 2 fully saturated rings. The Kier molecular flexibility index (Phi) is 5.81. The maximum Gasteiger partial charge on any atom is 0.227 e. The van der Waals surface area contributed by atoms with Crippen LogP contribution in [0.15, 0.2) is 40.9 Å². The molecular weight excluding hydrogens is 502 g/mol. The number of aryl methyl sites for hydroxylation is 2. The molecule has 0 unspecified atom stereocenters. The van der Waals surface area contributed by atoms with Crippen LogP contribution in [0.3, 0.4) is 0 Å². The zero-order chi connectivity index (χ0) is 29.8. The summed E-state index contributed by atoms with van der Waals surface area (Å²) in [5.41, 5.74) is 4.46. The Bertz CT molecular complexity index is 1620. The van der Waals surface area contributed by atoms with Crippen molar-refractivity contribution in [3.05, 3.63) is 65.3 Å². The predicted molar refractivity (Wildman–Crippen MR) is 143 cm³/mol. The Morgan fingerprint density at radius 3 is 2.59 bits per heavy atom. The number of aromatic nitrogens is 3. The zero-order valence-electron chi connectivity index (χ0n) is 24.9. The highest BCUT2D eigenvalue weighted by atomic mass is 19.2. The van der Waals surface area contributed by atoms with Crippen LogP contribution in [0.2, 0.25) is 0 Å². The van der Waals surface area contributed by atoms with Crippen molar-refractivity contribution < 1.29 is 26.9 Å².